The number of sulfone groups is 1. The number of hydrogen-bond donors (Lipinski definition) is 0. The first-order chi connectivity index (χ1) is 15.9. The topological polar surface area (TPSA) is 94.8 Å². The predicted molar refractivity (Wildman–Crippen MR) is 112 cm³/mol. The predicted octanol–water partition coefficient (Wildman–Crippen LogP) is 3.88. The van der Waals surface area contributed by atoms with Gasteiger partial charge in [-0.15, -0.1) is 0 Å². The van der Waals surface area contributed by atoms with Crippen LogP contribution in [0.1, 0.15) is 36.3 Å². The van der Waals surface area contributed by atoms with E-state index in [1.807, 2.05) is 0 Å². The normalized spacial score (nSPS) is 18.5. The molecule has 2 aromatic heterocycles. The number of hydrogen-bond acceptors (Lipinski definition) is 6. The Labute approximate surface area is 192 Å². The van der Waals surface area contributed by atoms with Gasteiger partial charge in [0, 0.05) is 24.6 Å². The smallest absolute Gasteiger partial charge is 0.299 e. The number of alkyl halides is 3. The molecule has 0 amide bonds. The van der Waals surface area contributed by atoms with Gasteiger partial charge in [0.05, 0.1) is 22.5 Å². The molecule has 1 aliphatic rings. The highest BCUT2D eigenvalue weighted by Crippen LogP contribution is 2.39. The van der Waals surface area contributed by atoms with E-state index in [1.165, 1.54) is 24.5 Å². The minimum Gasteiger partial charge on any atom is -0.299 e. The number of ketones is 1. The van der Waals surface area contributed by atoms with Crippen LogP contribution in [-0.2, 0) is 27.2 Å². The van der Waals surface area contributed by atoms with Crippen LogP contribution >= 0.6 is 0 Å². The number of benzene rings is 1. The highest BCUT2D eigenvalue weighted by Gasteiger charge is 2.43. The Hall–Kier alpha value is -3.15. The van der Waals surface area contributed by atoms with Gasteiger partial charge in [0.15, 0.2) is 15.5 Å². The molecule has 0 N–H and O–H groups in total. The average Bonchev–Trinajstić information content (AvgIpc) is 3.16. The van der Waals surface area contributed by atoms with Crippen LogP contribution in [0.25, 0.3) is 5.69 Å². The first kappa shape index (κ1) is 24.0. The molecule has 1 saturated carbocycles. The molecule has 4 rings (SSSR count). The van der Waals surface area contributed by atoms with Gasteiger partial charge in [0.1, 0.15) is 23.1 Å². The second-order valence-electron chi connectivity index (χ2n) is 8.23. The second kappa shape index (κ2) is 8.90. The summed E-state index contributed by atoms with van der Waals surface area (Å²) in [6.45, 7) is 1.63. The summed E-state index contributed by atoms with van der Waals surface area (Å²) in [5.74, 6) is -1.17. The van der Waals surface area contributed by atoms with E-state index in [-0.39, 0.29) is 22.6 Å². The molecular formula is C22H20F4N4O3S. The van der Waals surface area contributed by atoms with Gasteiger partial charge in [-0.1, -0.05) is 0 Å². The van der Waals surface area contributed by atoms with E-state index >= 15 is 0 Å². The SMILES string of the molecule is Cc1ncc(-n2cc(CC(=O)C[C@@H]3CC[C@@H]3S(=O)(=O)c3ccc(F)cc3)c(C(F)(F)F)n2)cn1. The van der Waals surface area contributed by atoms with Gasteiger partial charge in [-0.3, -0.25) is 4.79 Å². The summed E-state index contributed by atoms with van der Waals surface area (Å²) in [7, 11) is -3.78. The number of carbonyl (C=O) groups excluding carboxylic acids is 1. The van der Waals surface area contributed by atoms with Gasteiger partial charge in [-0.2, -0.15) is 18.3 Å². The highest BCUT2D eigenvalue weighted by atomic mass is 32.2. The molecule has 180 valence electrons. The van der Waals surface area contributed by atoms with Crippen LogP contribution in [0.5, 0.6) is 0 Å². The van der Waals surface area contributed by atoms with Crippen molar-refractivity contribution in [3.05, 3.63) is 65.8 Å². The Morgan fingerprint density at radius 2 is 1.76 bits per heavy atom. The molecule has 0 aliphatic heterocycles. The van der Waals surface area contributed by atoms with Crippen molar-refractivity contribution in [3.63, 3.8) is 0 Å². The molecule has 0 radical (unpaired) electrons. The van der Waals surface area contributed by atoms with Crippen LogP contribution in [0.2, 0.25) is 0 Å². The fourth-order valence-electron chi connectivity index (χ4n) is 3.97. The number of rotatable bonds is 7. The van der Waals surface area contributed by atoms with Gasteiger partial charge < -0.3 is 0 Å². The van der Waals surface area contributed by atoms with E-state index in [9.17, 15) is 30.8 Å². The molecule has 0 spiro atoms. The fourth-order valence-corrected chi connectivity index (χ4v) is 6.02. The van der Waals surface area contributed by atoms with Gasteiger partial charge in [0.2, 0.25) is 0 Å². The van der Waals surface area contributed by atoms with Crippen LogP contribution in [-0.4, -0.2) is 39.2 Å². The Balaban J connectivity index is 1.50. The maximum absolute atomic E-state index is 13.5. The van der Waals surface area contributed by atoms with Crippen LogP contribution in [0.15, 0.2) is 47.8 Å². The molecule has 0 unspecified atom stereocenters. The number of aryl methyl sites for hydroxylation is 1. The van der Waals surface area contributed by atoms with E-state index in [0.29, 0.717) is 18.7 Å². The molecule has 1 aromatic carbocycles. The van der Waals surface area contributed by atoms with Crippen molar-refractivity contribution in [2.24, 2.45) is 5.92 Å². The third-order valence-electron chi connectivity index (χ3n) is 5.86. The fraction of sp³-hybridized carbons (Fsp3) is 0.364. The van der Waals surface area contributed by atoms with Crippen LogP contribution in [0.4, 0.5) is 17.6 Å². The lowest BCUT2D eigenvalue weighted by Gasteiger charge is -2.35. The highest BCUT2D eigenvalue weighted by molar-refractivity contribution is 7.92. The van der Waals surface area contributed by atoms with Crippen molar-refractivity contribution in [2.45, 2.75) is 48.9 Å². The van der Waals surface area contributed by atoms with Gasteiger partial charge in [-0.25, -0.2) is 27.5 Å². The number of Topliss-reactive ketones (excluding diaryl/α,β-unsaturated/α-hetero) is 1. The maximum Gasteiger partial charge on any atom is 0.435 e. The van der Waals surface area contributed by atoms with Crippen molar-refractivity contribution in [2.75, 3.05) is 0 Å². The zero-order chi connectivity index (χ0) is 24.7. The average molecular weight is 496 g/mol. The van der Waals surface area contributed by atoms with Crippen molar-refractivity contribution < 1.29 is 30.8 Å². The van der Waals surface area contributed by atoms with Gasteiger partial charge in [0.25, 0.3) is 0 Å². The number of halogens is 4. The Morgan fingerprint density at radius 3 is 2.32 bits per heavy atom. The first-order valence-electron chi connectivity index (χ1n) is 10.4. The second-order valence-corrected chi connectivity index (χ2v) is 10.4. The van der Waals surface area contributed by atoms with E-state index < -0.39 is 50.9 Å². The summed E-state index contributed by atoms with van der Waals surface area (Å²) in [6.07, 6.45) is -0.956. The van der Waals surface area contributed by atoms with Crippen molar-refractivity contribution in [1.82, 2.24) is 19.7 Å². The van der Waals surface area contributed by atoms with Crippen LogP contribution in [0.3, 0.4) is 0 Å². The summed E-state index contributed by atoms with van der Waals surface area (Å²) < 4.78 is 80.4. The lowest BCUT2D eigenvalue weighted by atomic mass is 9.80. The third-order valence-corrected chi connectivity index (χ3v) is 8.20. The monoisotopic (exact) mass is 496 g/mol. The van der Waals surface area contributed by atoms with E-state index in [0.717, 1.165) is 23.0 Å². The zero-order valence-corrected chi connectivity index (χ0v) is 18.8. The first-order valence-corrected chi connectivity index (χ1v) is 12.0. The minimum atomic E-state index is -4.78. The molecule has 1 aliphatic carbocycles. The molecule has 3 aromatic rings. The lowest BCUT2D eigenvalue weighted by molar-refractivity contribution is -0.142. The molecule has 34 heavy (non-hydrogen) atoms. The molecular weight excluding hydrogens is 476 g/mol. The lowest BCUT2D eigenvalue weighted by Crippen LogP contribution is -2.40. The van der Waals surface area contributed by atoms with E-state index in [2.05, 4.69) is 15.1 Å². The van der Waals surface area contributed by atoms with Crippen LogP contribution < -0.4 is 0 Å². The molecule has 1 fully saturated rings. The summed E-state index contributed by atoms with van der Waals surface area (Å²) in [5, 5.41) is 2.74. The van der Waals surface area contributed by atoms with E-state index in [1.54, 1.807) is 6.92 Å². The summed E-state index contributed by atoms with van der Waals surface area (Å²) in [6, 6.07) is 4.42. The molecule has 0 bridgehead atoms. The molecule has 0 saturated heterocycles. The number of carbonyl (C=O) groups is 1. The molecule has 7 nitrogen and oxygen atoms in total. The number of aromatic nitrogens is 4. The third kappa shape index (κ3) is 4.86. The van der Waals surface area contributed by atoms with Crippen molar-refractivity contribution >= 4 is 15.6 Å². The van der Waals surface area contributed by atoms with Crippen LogP contribution in [0, 0.1) is 18.7 Å². The molecule has 12 heteroatoms. The van der Waals surface area contributed by atoms with Crippen molar-refractivity contribution in [1.29, 1.82) is 0 Å². The Kier molecular flexibility index (Phi) is 6.28. The molecule has 2 atom stereocenters. The Bertz CT molecular complexity index is 1300. The Morgan fingerprint density at radius 1 is 1.12 bits per heavy atom. The summed E-state index contributed by atoms with van der Waals surface area (Å²) in [5.41, 5.74) is -1.29. The maximum atomic E-state index is 13.5. The standard InChI is InChI=1S/C22H20F4N4O3S/c1-13-27-10-17(11-28-13)30-12-15(21(29-30)22(24,25)26)9-18(31)8-14-2-7-20(14)34(32,33)19-5-3-16(23)4-6-19/h3-6,10-12,14,20H,2,7-9H2,1H3/t14-,20-/m0/s1. The summed E-state index contributed by atoms with van der Waals surface area (Å²) >= 11 is 0. The van der Waals surface area contributed by atoms with Gasteiger partial charge in [-0.05, 0) is 49.9 Å². The summed E-state index contributed by atoms with van der Waals surface area (Å²) in [4.78, 5) is 20.5. The van der Waals surface area contributed by atoms with E-state index in [4.69, 9.17) is 0 Å². The van der Waals surface area contributed by atoms with Crippen molar-refractivity contribution in [3.8, 4) is 5.69 Å². The molecule has 2 heterocycles. The zero-order valence-electron chi connectivity index (χ0n) is 18.0. The van der Waals surface area contributed by atoms with Gasteiger partial charge >= 0.3 is 6.18 Å². The quantitative estimate of drug-likeness (QED) is 0.364. The minimum absolute atomic E-state index is 0.0444. The number of nitrogens with zero attached hydrogens (tertiary/aromatic N) is 4. The largest absolute Gasteiger partial charge is 0.435 e.